The van der Waals surface area contributed by atoms with Gasteiger partial charge < -0.3 is 11.1 Å². The van der Waals surface area contributed by atoms with Crippen LogP contribution < -0.4 is 11.1 Å². The van der Waals surface area contributed by atoms with Crippen LogP contribution in [0.3, 0.4) is 0 Å². The Labute approximate surface area is 152 Å². The first-order valence-corrected chi connectivity index (χ1v) is 8.91. The molecular weight excluding hydrogens is 332 g/mol. The first kappa shape index (κ1) is 18.0. The van der Waals surface area contributed by atoms with Gasteiger partial charge in [0.1, 0.15) is 6.54 Å². The van der Waals surface area contributed by atoms with Crippen molar-refractivity contribution >= 4 is 11.8 Å². The van der Waals surface area contributed by atoms with Crippen molar-refractivity contribution < 1.29 is 9.59 Å². The molecule has 1 fully saturated rings. The number of carbonyl (C=O) groups is 2. The fourth-order valence-corrected chi connectivity index (χ4v) is 3.38. The summed E-state index contributed by atoms with van der Waals surface area (Å²) in [4.78, 5) is 24.7. The van der Waals surface area contributed by atoms with Gasteiger partial charge in [-0.15, -0.1) is 10.2 Å². The number of tetrazole rings is 1. The Morgan fingerprint density at radius 3 is 2.65 bits per heavy atom. The van der Waals surface area contributed by atoms with E-state index in [-0.39, 0.29) is 18.5 Å². The van der Waals surface area contributed by atoms with E-state index in [0.717, 1.165) is 12.8 Å². The average molecular weight is 356 g/mol. The van der Waals surface area contributed by atoms with Crippen molar-refractivity contribution in [3.05, 3.63) is 29.8 Å². The molecule has 138 valence electrons. The second kappa shape index (κ2) is 7.63. The molecule has 8 heteroatoms. The first-order chi connectivity index (χ1) is 12.4. The lowest BCUT2D eigenvalue weighted by molar-refractivity contribution is -0.123. The zero-order valence-corrected chi connectivity index (χ0v) is 15.1. The standard InChI is InChI=1S/C18H24N6O2/c1-11-4-3-5-15(12(11)2)20-16(25)10-24-22-18(21-23-24)14-8-6-13(7-9-14)17(19)26/h6-9,11-12,15H,3-5,10H2,1-2H3,(H2,19,26)(H,20,25)/t11-,12+,15-/m0/s1. The topological polar surface area (TPSA) is 116 Å². The van der Waals surface area contributed by atoms with Crippen LogP contribution in [0.15, 0.2) is 24.3 Å². The van der Waals surface area contributed by atoms with Crippen molar-refractivity contribution in [3.63, 3.8) is 0 Å². The molecule has 1 aliphatic rings. The van der Waals surface area contributed by atoms with E-state index < -0.39 is 5.91 Å². The number of hydrogen-bond donors (Lipinski definition) is 2. The molecule has 1 aromatic carbocycles. The Bertz CT molecular complexity index is 785. The van der Waals surface area contributed by atoms with Crippen LogP contribution >= 0.6 is 0 Å². The monoisotopic (exact) mass is 356 g/mol. The van der Waals surface area contributed by atoms with Gasteiger partial charge in [-0.2, -0.15) is 4.80 Å². The maximum Gasteiger partial charge on any atom is 0.248 e. The smallest absolute Gasteiger partial charge is 0.248 e. The molecule has 1 aromatic heterocycles. The Kier molecular flexibility index (Phi) is 5.29. The van der Waals surface area contributed by atoms with E-state index in [9.17, 15) is 9.59 Å². The van der Waals surface area contributed by atoms with Gasteiger partial charge in [-0.25, -0.2) is 0 Å². The highest BCUT2D eigenvalue weighted by atomic mass is 16.2. The molecule has 2 amide bonds. The normalized spacial score (nSPS) is 22.8. The van der Waals surface area contributed by atoms with E-state index in [0.29, 0.717) is 28.8 Å². The molecule has 1 saturated carbocycles. The van der Waals surface area contributed by atoms with Gasteiger partial charge in [-0.3, -0.25) is 9.59 Å². The maximum atomic E-state index is 12.3. The molecule has 0 saturated heterocycles. The predicted octanol–water partition coefficient (Wildman–Crippen LogP) is 1.38. The molecule has 0 aliphatic heterocycles. The van der Waals surface area contributed by atoms with Crippen molar-refractivity contribution in [3.8, 4) is 11.4 Å². The van der Waals surface area contributed by atoms with Crippen LogP contribution in [0.4, 0.5) is 0 Å². The van der Waals surface area contributed by atoms with E-state index in [4.69, 9.17) is 5.73 Å². The molecule has 26 heavy (non-hydrogen) atoms. The zero-order chi connectivity index (χ0) is 18.7. The number of nitrogens with two attached hydrogens (primary N) is 1. The summed E-state index contributed by atoms with van der Waals surface area (Å²) >= 11 is 0. The van der Waals surface area contributed by atoms with Crippen LogP contribution in [0.25, 0.3) is 11.4 Å². The van der Waals surface area contributed by atoms with Gasteiger partial charge in [0.2, 0.25) is 17.6 Å². The number of rotatable bonds is 5. The third-order valence-electron chi connectivity index (χ3n) is 5.22. The second-order valence-electron chi connectivity index (χ2n) is 7.03. The first-order valence-electron chi connectivity index (χ1n) is 8.91. The lowest BCUT2D eigenvalue weighted by Gasteiger charge is -2.34. The molecular formula is C18H24N6O2. The zero-order valence-electron chi connectivity index (χ0n) is 15.1. The SMILES string of the molecule is C[C@H]1[C@@H](NC(=O)Cn2nnc(-c3ccc(C(N)=O)cc3)n2)CCC[C@@H]1C. The van der Waals surface area contributed by atoms with Crippen molar-refractivity contribution in [2.24, 2.45) is 17.6 Å². The molecule has 8 nitrogen and oxygen atoms in total. The molecule has 3 N–H and O–H groups in total. The van der Waals surface area contributed by atoms with Gasteiger partial charge >= 0.3 is 0 Å². The summed E-state index contributed by atoms with van der Waals surface area (Å²) in [6.45, 7) is 4.46. The van der Waals surface area contributed by atoms with Crippen molar-refractivity contribution in [1.29, 1.82) is 0 Å². The Hall–Kier alpha value is -2.77. The average Bonchev–Trinajstić information content (AvgIpc) is 3.07. The van der Waals surface area contributed by atoms with Crippen LogP contribution in [0, 0.1) is 11.8 Å². The molecule has 1 aliphatic carbocycles. The summed E-state index contributed by atoms with van der Waals surface area (Å²) in [7, 11) is 0. The minimum absolute atomic E-state index is 0.0317. The number of amides is 2. The van der Waals surface area contributed by atoms with Gasteiger partial charge in [-0.05, 0) is 35.6 Å². The van der Waals surface area contributed by atoms with E-state index in [1.165, 1.54) is 11.2 Å². The van der Waals surface area contributed by atoms with Crippen LogP contribution in [0.5, 0.6) is 0 Å². The quantitative estimate of drug-likeness (QED) is 0.839. The minimum Gasteiger partial charge on any atom is -0.366 e. The summed E-state index contributed by atoms with van der Waals surface area (Å²) in [5, 5.41) is 15.3. The highest BCUT2D eigenvalue weighted by molar-refractivity contribution is 5.93. The van der Waals surface area contributed by atoms with Gasteiger partial charge in [-0.1, -0.05) is 38.8 Å². The Morgan fingerprint density at radius 2 is 1.96 bits per heavy atom. The van der Waals surface area contributed by atoms with Crippen LogP contribution in [-0.2, 0) is 11.3 Å². The largest absolute Gasteiger partial charge is 0.366 e. The highest BCUT2D eigenvalue weighted by Gasteiger charge is 2.28. The van der Waals surface area contributed by atoms with E-state index in [1.807, 2.05) is 0 Å². The number of nitrogens with zero attached hydrogens (tertiary/aromatic N) is 4. The Morgan fingerprint density at radius 1 is 1.23 bits per heavy atom. The fourth-order valence-electron chi connectivity index (χ4n) is 3.38. The second-order valence-corrected chi connectivity index (χ2v) is 7.03. The third kappa shape index (κ3) is 4.07. The predicted molar refractivity (Wildman–Crippen MR) is 95.9 cm³/mol. The minimum atomic E-state index is -0.490. The van der Waals surface area contributed by atoms with Crippen molar-refractivity contribution in [2.45, 2.75) is 45.7 Å². The summed E-state index contributed by atoms with van der Waals surface area (Å²) in [6, 6.07) is 6.82. The molecule has 2 aromatic rings. The number of nitrogens with one attached hydrogen (secondary N) is 1. The lowest BCUT2D eigenvalue weighted by Crippen LogP contribution is -2.45. The van der Waals surface area contributed by atoms with Crippen LogP contribution in [-0.4, -0.2) is 38.1 Å². The van der Waals surface area contributed by atoms with Gasteiger partial charge in [0.25, 0.3) is 0 Å². The van der Waals surface area contributed by atoms with E-state index >= 15 is 0 Å². The van der Waals surface area contributed by atoms with Gasteiger partial charge in [0.15, 0.2) is 0 Å². The van der Waals surface area contributed by atoms with Gasteiger partial charge in [0, 0.05) is 17.2 Å². The summed E-state index contributed by atoms with van der Waals surface area (Å²) in [6.07, 6.45) is 3.37. The van der Waals surface area contributed by atoms with Crippen molar-refractivity contribution in [2.75, 3.05) is 0 Å². The summed E-state index contributed by atoms with van der Waals surface area (Å²) < 4.78 is 0. The molecule has 0 unspecified atom stereocenters. The molecule has 0 bridgehead atoms. The van der Waals surface area contributed by atoms with E-state index in [1.54, 1.807) is 24.3 Å². The molecule has 0 spiro atoms. The van der Waals surface area contributed by atoms with Crippen molar-refractivity contribution in [1.82, 2.24) is 25.5 Å². The van der Waals surface area contributed by atoms with Gasteiger partial charge in [0.05, 0.1) is 0 Å². The number of primary amides is 1. The highest BCUT2D eigenvalue weighted by Crippen LogP contribution is 2.29. The summed E-state index contributed by atoms with van der Waals surface area (Å²) in [5.74, 6) is 0.887. The van der Waals surface area contributed by atoms with E-state index in [2.05, 4.69) is 34.6 Å². The third-order valence-corrected chi connectivity index (χ3v) is 5.22. The fraction of sp³-hybridized carbons (Fsp3) is 0.500. The molecule has 3 atom stereocenters. The maximum absolute atomic E-state index is 12.3. The Balaban J connectivity index is 1.61. The molecule has 0 radical (unpaired) electrons. The number of benzene rings is 1. The number of aromatic nitrogens is 4. The lowest BCUT2D eigenvalue weighted by atomic mass is 9.78. The van der Waals surface area contributed by atoms with Crippen LogP contribution in [0.1, 0.15) is 43.5 Å². The number of carbonyl (C=O) groups excluding carboxylic acids is 2. The molecule has 3 rings (SSSR count). The number of hydrogen-bond acceptors (Lipinski definition) is 5. The van der Waals surface area contributed by atoms with Crippen LogP contribution in [0.2, 0.25) is 0 Å². The molecule has 1 heterocycles. The summed E-state index contributed by atoms with van der Waals surface area (Å²) in [5.41, 5.74) is 6.34.